The van der Waals surface area contributed by atoms with Crippen molar-refractivity contribution < 1.29 is 13.2 Å². The highest BCUT2D eigenvalue weighted by Gasteiger charge is 2.33. The first-order chi connectivity index (χ1) is 14.7. The number of hydrogen-bond acceptors (Lipinski definition) is 4. The monoisotopic (exact) mass is 460 g/mol. The average Bonchev–Trinajstić information content (AvgIpc) is 3.08. The third-order valence-corrected chi connectivity index (χ3v) is 7.81. The summed E-state index contributed by atoms with van der Waals surface area (Å²) >= 11 is 0. The molecule has 2 aromatic rings. The number of rotatable bonds is 4. The number of carbonyl (C=O) groups excluding carboxylic acids is 1. The van der Waals surface area contributed by atoms with Crippen LogP contribution in [-0.2, 0) is 25.8 Å². The molecule has 1 aliphatic rings. The van der Waals surface area contributed by atoms with E-state index in [-0.39, 0.29) is 22.8 Å². The van der Waals surface area contributed by atoms with Crippen LogP contribution in [0.3, 0.4) is 0 Å². The van der Waals surface area contributed by atoms with Gasteiger partial charge in [-0.2, -0.15) is 9.40 Å². The number of aryl methyl sites for hydroxylation is 1. The van der Waals surface area contributed by atoms with Gasteiger partial charge in [-0.25, -0.2) is 13.1 Å². The fourth-order valence-corrected chi connectivity index (χ4v) is 5.43. The molecule has 0 spiro atoms. The number of carbonyl (C=O) groups is 1. The fourth-order valence-electron chi connectivity index (χ4n) is 3.96. The van der Waals surface area contributed by atoms with Gasteiger partial charge in [0.1, 0.15) is 5.82 Å². The number of aromatic nitrogens is 2. The molecule has 3 rings (SSSR count). The van der Waals surface area contributed by atoms with Crippen LogP contribution < -0.4 is 5.32 Å². The van der Waals surface area contributed by atoms with Crippen LogP contribution in [0.4, 0.5) is 5.82 Å². The molecule has 0 bridgehead atoms. The van der Waals surface area contributed by atoms with E-state index in [4.69, 9.17) is 0 Å². The van der Waals surface area contributed by atoms with E-state index in [9.17, 15) is 13.2 Å². The molecule has 1 aromatic heterocycles. The molecule has 1 fully saturated rings. The predicted octanol–water partition coefficient (Wildman–Crippen LogP) is 4.28. The Morgan fingerprint density at radius 3 is 2.09 bits per heavy atom. The van der Waals surface area contributed by atoms with Gasteiger partial charge in [-0.15, -0.1) is 0 Å². The third-order valence-electron chi connectivity index (χ3n) is 5.90. The van der Waals surface area contributed by atoms with Gasteiger partial charge in [0.05, 0.1) is 16.1 Å². The molecule has 1 amide bonds. The normalized spacial score (nSPS) is 16.8. The Morgan fingerprint density at radius 2 is 1.59 bits per heavy atom. The summed E-state index contributed by atoms with van der Waals surface area (Å²) in [4.78, 5) is 13.2. The highest BCUT2D eigenvalue weighted by atomic mass is 32.2. The van der Waals surface area contributed by atoms with Crippen molar-refractivity contribution in [3.05, 3.63) is 41.6 Å². The van der Waals surface area contributed by atoms with E-state index in [2.05, 4.69) is 31.2 Å². The summed E-state index contributed by atoms with van der Waals surface area (Å²) in [6.07, 6.45) is 0.988. The third kappa shape index (κ3) is 5.23. The highest BCUT2D eigenvalue weighted by molar-refractivity contribution is 7.89. The summed E-state index contributed by atoms with van der Waals surface area (Å²) in [5, 5.41) is 7.50. The number of nitrogens with one attached hydrogen (secondary N) is 1. The molecule has 1 aliphatic heterocycles. The summed E-state index contributed by atoms with van der Waals surface area (Å²) < 4.78 is 29.5. The zero-order valence-corrected chi connectivity index (χ0v) is 21.1. The van der Waals surface area contributed by atoms with Crippen molar-refractivity contribution in [3.8, 4) is 0 Å². The largest absolute Gasteiger partial charge is 0.311 e. The van der Waals surface area contributed by atoms with Crippen molar-refractivity contribution in [2.45, 2.75) is 77.2 Å². The zero-order chi connectivity index (χ0) is 23.9. The summed E-state index contributed by atoms with van der Waals surface area (Å²) in [5.74, 6) is 0.365. The molecule has 176 valence electrons. The minimum atomic E-state index is -3.57. The maximum atomic E-state index is 13.1. The van der Waals surface area contributed by atoms with E-state index in [0.717, 1.165) is 11.3 Å². The van der Waals surface area contributed by atoms with Crippen molar-refractivity contribution in [1.82, 2.24) is 14.1 Å². The molecule has 8 heteroatoms. The Morgan fingerprint density at radius 1 is 1.03 bits per heavy atom. The molecule has 32 heavy (non-hydrogen) atoms. The van der Waals surface area contributed by atoms with E-state index in [1.54, 1.807) is 12.1 Å². The second kappa shape index (κ2) is 8.63. The SMILES string of the molecule is Cc1cc(NC(=O)C2CCN(S(=O)(=O)c3ccc(C(C)(C)C)cc3)CC2)n(C(C)(C)C)n1. The summed E-state index contributed by atoms with van der Waals surface area (Å²) in [7, 11) is -3.57. The van der Waals surface area contributed by atoms with Gasteiger partial charge in [0.15, 0.2) is 0 Å². The molecule has 1 N–H and O–H groups in total. The van der Waals surface area contributed by atoms with Gasteiger partial charge in [0, 0.05) is 25.1 Å². The lowest BCUT2D eigenvalue weighted by molar-refractivity contribution is -0.121. The molecule has 0 unspecified atom stereocenters. The van der Waals surface area contributed by atoms with Crippen molar-refractivity contribution in [1.29, 1.82) is 0 Å². The number of nitrogens with zero attached hydrogens (tertiary/aromatic N) is 3. The maximum absolute atomic E-state index is 13.1. The molecule has 1 saturated heterocycles. The summed E-state index contributed by atoms with van der Waals surface area (Å²) in [6, 6.07) is 9.00. The lowest BCUT2D eigenvalue weighted by Crippen LogP contribution is -2.41. The van der Waals surface area contributed by atoms with Gasteiger partial charge in [-0.3, -0.25) is 4.79 Å². The van der Waals surface area contributed by atoms with Crippen molar-refractivity contribution in [2.24, 2.45) is 5.92 Å². The number of anilines is 1. The van der Waals surface area contributed by atoms with Gasteiger partial charge in [-0.05, 0) is 63.6 Å². The molecular weight excluding hydrogens is 424 g/mol. The topological polar surface area (TPSA) is 84.3 Å². The smallest absolute Gasteiger partial charge is 0.243 e. The Kier molecular flexibility index (Phi) is 6.60. The van der Waals surface area contributed by atoms with Crippen LogP contribution in [0, 0.1) is 12.8 Å². The lowest BCUT2D eigenvalue weighted by Gasteiger charge is -2.31. The highest BCUT2D eigenvalue weighted by Crippen LogP contribution is 2.28. The first-order valence-electron chi connectivity index (χ1n) is 11.2. The van der Waals surface area contributed by atoms with Crippen LogP contribution >= 0.6 is 0 Å². The van der Waals surface area contributed by atoms with Gasteiger partial charge in [0.25, 0.3) is 0 Å². The molecule has 0 aliphatic carbocycles. The molecule has 0 saturated carbocycles. The zero-order valence-electron chi connectivity index (χ0n) is 20.3. The van der Waals surface area contributed by atoms with Crippen LogP contribution in [0.1, 0.15) is 65.6 Å². The second-order valence-electron chi connectivity index (χ2n) is 10.7. The molecule has 7 nitrogen and oxygen atoms in total. The Labute approximate surface area is 192 Å². The maximum Gasteiger partial charge on any atom is 0.243 e. The van der Waals surface area contributed by atoms with E-state index in [0.29, 0.717) is 36.6 Å². The van der Waals surface area contributed by atoms with Gasteiger partial charge in [-0.1, -0.05) is 32.9 Å². The standard InChI is InChI=1S/C24H36N4O3S/c1-17-16-21(28(26-17)24(5,6)7)25-22(29)18-12-14-27(15-13-18)32(30,31)20-10-8-19(9-11-20)23(2,3)4/h8-11,16,18H,12-15H2,1-7H3,(H,25,29). The average molecular weight is 461 g/mol. The summed E-state index contributed by atoms with van der Waals surface area (Å²) in [5.41, 5.74) is 1.65. The van der Waals surface area contributed by atoms with Gasteiger partial charge in [0.2, 0.25) is 15.9 Å². The van der Waals surface area contributed by atoms with Crippen molar-refractivity contribution in [2.75, 3.05) is 18.4 Å². The summed E-state index contributed by atoms with van der Waals surface area (Å²) in [6.45, 7) is 15.0. The number of sulfonamides is 1. The first kappa shape index (κ1) is 24.5. The first-order valence-corrected chi connectivity index (χ1v) is 12.6. The Balaban J connectivity index is 1.65. The predicted molar refractivity (Wildman–Crippen MR) is 127 cm³/mol. The van der Waals surface area contributed by atoms with E-state index >= 15 is 0 Å². The van der Waals surface area contributed by atoms with Gasteiger partial charge < -0.3 is 5.32 Å². The van der Waals surface area contributed by atoms with E-state index in [1.807, 2.05) is 50.6 Å². The number of hydrogen-bond donors (Lipinski definition) is 1. The minimum Gasteiger partial charge on any atom is -0.311 e. The van der Waals surface area contributed by atoms with Crippen LogP contribution in [0.2, 0.25) is 0 Å². The molecule has 0 radical (unpaired) electrons. The van der Waals surface area contributed by atoms with E-state index in [1.165, 1.54) is 4.31 Å². The Bertz CT molecular complexity index is 1070. The number of benzene rings is 1. The van der Waals surface area contributed by atoms with Crippen molar-refractivity contribution in [3.63, 3.8) is 0 Å². The molecule has 1 aromatic carbocycles. The minimum absolute atomic E-state index is 0.0328. The fraction of sp³-hybridized carbons (Fsp3) is 0.583. The van der Waals surface area contributed by atoms with Crippen LogP contribution in [0.5, 0.6) is 0 Å². The van der Waals surface area contributed by atoms with Crippen molar-refractivity contribution >= 4 is 21.7 Å². The van der Waals surface area contributed by atoms with Crippen LogP contribution in [-0.4, -0.2) is 41.5 Å². The molecule has 2 heterocycles. The quantitative estimate of drug-likeness (QED) is 0.738. The molecular formula is C24H36N4O3S. The van der Waals surface area contributed by atoms with E-state index < -0.39 is 10.0 Å². The Hall–Kier alpha value is -2.19. The van der Waals surface area contributed by atoms with Crippen LogP contribution in [0.15, 0.2) is 35.2 Å². The second-order valence-corrected chi connectivity index (χ2v) is 12.6. The van der Waals surface area contributed by atoms with Crippen LogP contribution in [0.25, 0.3) is 0 Å². The molecule has 0 atom stereocenters. The number of piperidine rings is 1. The number of amides is 1. The lowest BCUT2D eigenvalue weighted by atomic mass is 9.87. The van der Waals surface area contributed by atoms with Gasteiger partial charge >= 0.3 is 0 Å².